The van der Waals surface area contributed by atoms with Crippen LogP contribution in [-0.4, -0.2) is 20.0 Å². The summed E-state index contributed by atoms with van der Waals surface area (Å²) in [5, 5.41) is 3.56. The molecule has 0 fully saturated rings. The van der Waals surface area contributed by atoms with E-state index < -0.39 is 10.0 Å². The van der Waals surface area contributed by atoms with Crippen LogP contribution in [0, 0.1) is 6.92 Å². The molecule has 0 atom stereocenters. The van der Waals surface area contributed by atoms with Gasteiger partial charge in [-0.25, -0.2) is 0 Å². The number of nitrogens with zero attached hydrogens (tertiary/aromatic N) is 1. The number of sulfonamides is 1. The van der Waals surface area contributed by atoms with Crippen LogP contribution in [0.1, 0.15) is 28.4 Å². The normalized spacial score (nSPS) is 11.9. The van der Waals surface area contributed by atoms with Crippen molar-refractivity contribution >= 4 is 38.9 Å². The maximum absolute atomic E-state index is 12.8. The van der Waals surface area contributed by atoms with Crippen LogP contribution in [0.5, 0.6) is 0 Å². The van der Waals surface area contributed by atoms with Crippen LogP contribution in [-0.2, 0) is 10.0 Å². The Kier molecular flexibility index (Phi) is 6.15. The second-order valence-electron chi connectivity index (χ2n) is 6.49. The molecule has 0 radical (unpaired) electrons. The van der Waals surface area contributed by atoms with E-state index in [0.29, 0.717) is 21.8 Å². The second-order valence-corrected chi connectivity index (χ2v) is 8.53. The molecule has 0 saturated carbocycles. The Morgan fingerprint density at radius 3 is 1.97 bits per heavy atom. The minimum Gasteiger partial charge on any atom is -0.339 e. The van der Waals surface area contributed by atoms with E-state index in [2.05, 4.69) is 9.71 Å². The fourth-order valence-electron chi connectivity index (χ4n) is 2.56. The number of Topliss-reactive ketones (excluding diaryl/α,β-unsaturated/α-hetero) is 1. The number of carbonyl (C=O) groups is 1. The first-order chi connectivity index (χ1) is 13.7. The summed E-state index contributed by atoms with van der Waals surface area (Å²) in [5.74, 6) is 0.0999. The zero-order valence-electron chi connectivity index (χ0n) is 15.9. The lowest BCUT2D eigenvalue weighted by Gasteiger charge is -2.11. The number of anilines is 1. The number of halogens is 1. The monoisotopic (exact) mass is 426 g/mol. The van der Waals surface area contributed by atoms with Crippen molar-refractivity contribution in [2.24, 2.45) is 4.40 Å². The van der Waals surface area contributed by atoms with Crippen molar-refractivity contribution in [1.29, 1.82) is 0 Å². The van der Waals surface area contributed by atoms with Crippen LogP contribution in [0.3, 0.4) is 0 Å². The number of amidine groups is 1. The fourth-order valence-corrected chi connectivity index (χ4v) is 3.67. The fraction of sp³-hybridized carbons (Fsp3) is 0.0909. The summed E-state index contributed by atoms with van der Waals surface area (Å²) < 4.78 is 29.7. The molecule has 0 spiro atoms. The van der Waals surface area contributed by atoms with Crippen LogP contribution in [0.15, 0.2) is 82.1 Å². The van der Waals surface area contributed by atoms with Gasteiger partial charge in [-0.15, -0.1) is 4.40 Å². The van der Waals surface area contributed by atoms with Gasteiger partial charge in [0.1, 0.15) is 0 Å². The highest BCUT2D eigenvalue weighted by Crippen LogP contribution is 2.18. The number of aryl methyl sites for hydroxylation is 1. The Bertz CT molecular complexity index is 1150. The van der Waals surface area contributed by atoms with Crippen molar-refractivity contribution in [2.45, 2.75) is 18.7 Å². The molecule has 5 nitrogen and oxygen atoms in total. The Hall–Kier alpha value is -2.96. The summed E-state index contributed by atoms with van der Waals surface area (Å²) in [5.41, 5.74) is 2.67. The molecule has 0 aliphatic heterocycles. The number of rotatable bonds is 5. The van der Waals surface area contributed by atoms with Crippen molar-refractivity contribution in [3.05, 3.63) is 94.5 Å². The summed E-state index contributed by atoms with van der Waals surface area (Å²) in [6, 6.07) is 19.9. The van der Waals surface area contributed by atoms with E-state index in [9.17, 15) is 13.2 Å². The number of hydrogen-bond donors (Lipinski definition) is 1. The highest BCUT2D eigenvalue weighted by atomic mass is 35.5. The Balaban J connectivity index is 2.02. The van der Waals surface area contributed by atoms with Crippen LogP contribution in [0.2, 0.25) is 5.02 Å². The molecule has 0 amide bonds. The lowest BCUT2D eigenvalue weighted by atomic mass is 10.1. The van der Waals surface area contributed by atoms with E-state index in [1.807, 2.05) is 6.92 Å². The second kappa shape index (κ2) is 8.59. The SMILES string of the molecule is CC(=O)c1ccc(NC(=NS(=O)(=O)c2ccc(C)cc2)c2ccc(Cl)cc2)cc1. The Morgan fingerprint density at radius 1 is 0.862 bits per heavy atom. The van der Waals surface area contributed by atoms with Crippen LogP contribution < -0.4 is 5.32 Å². The number of carbonyl (C=O) groups excluding carboxylic acids is 1. The van der Waals surface area contributed by atoms with Gasteiger partial charge in [0.15, 0.2) is 11.6 Å². The first-order valence-corrected chi connectivity index (χ1v) is 10.6. The molecular formula is C22H19ClN2O3S. The molecule has 29 heavy (non-hydrogen) atoms. The topological polar surface area (TPSA) is 75.6 Å². The quantitative estimate of drug-likeness (QED) is 0.350. The standard InChI is InChI=1S/C22H19ClN2O3S/c1-15-3-13-21(14-4-15)29(27,28)25-22(18-5-9-19(23)10-6-18)24-20-11-7-17(8-12-20)16(2)26/h3-14H,1-2H3,(H,24,25). The molecule has 0 bridgehead atoms. The van der Waals surface area contributed by atoms with E-state index in [1.54, 1.807) is 60.7 Å². The van der Waals surface area contributed by atoms with Gasteiger partial charge in [-0.2, -0.15) is 8.42 Å². The van der Waals surface area contributed by atoms with Crippen LogP contribution >= 0.6 is 11.6 Å². The van der Waals surface area contributed by atoms with Gasteiger partial charge in [-0.1, -0.05) is 29.3 Å². The molecule has 3 aromatic rings. The third-order valence-corrected chi connectivity index (χ3v) is 5.74. The lowest BCUT2D eigenvalue weighted by Crippen LogP contribution is -2.16. The van der Waals surface area contributed by atoms with Gasteiger partial charge in [0.05, 0.1) is 4.90 Å². The molecule has 148 valence electrons. The van der Waals surface area contributed by atoms with Crippen molar-refractivity contribution in [1.82, 2.24) is 0 Å². The molecule has 3 rings (SSSR count). The molecule has 0 heterocycles. The number of hydrogen-bond acceptors (Lipinski definition) is 3. The summed E-state index contributed by atoms with van der Waals surface area (Å²) in [6.07, 6.45) is 0. The largest absolute Gasteiger partial charge is 0.339 e. The number of ketones is 1. The van der Waals surface area contributed by atoms with Gasteiger partial charge >= 0.3 is 0 Å². The zero-order valence-corrected chi connectivity index (χ0v) is 17.5. The van der Waals surface area contributed by atoms with Crippen molar-refractivity contribution in [3.63, 3.8) is 0 Å². The van der Waals surface area contributed by atoms with E-state index >= 15 is 0 Å². The first-order valence-electron chi connectivity index (χ1n) is 8.80. The molecule has 1 N–H and O–H groups in total. The van der Waals surface area contributed by atoms with Crippen molar-refractivity contribution in [3.8, 4) is 0 Å². The molecule has 0 aliphatic carbocycles. The third-order valence-electron chi connectivity index (χ3n) is 4.20. The molecule has 3 aromatic carbocycles. The lowest BCUT2D eigenvalue weighted by molar-refractivity contribution is 0.101. The van der Waals surface area contributed by atoms with Gasteiger partial charge in [0.25, 0.3) is 10.0 Å². The number of benzene rings is 3. The van der Waals surface area contributed by atoms with Crippen LogP contribution in [0.4, 0.5) is 5.69 Å². The zero-order chi connectivity index (χ0) is 21.0. The molecular weight excluding hydrogens is 408 g/mol. The van der Waals surface area contributed by atoms with Gasteiger partial charge in [0, 0.05) is 21.8 Å². The van der Waals surface area contributed by atoms with Crippen molar-refractivity contribution in [2.75, 3.05) is 5.32 Å². The van der Waals surface area contributed by atoms with E-state index in [1.165, 1.54) is 19.1 Å². The highest BCUT2D eigenvalue weighted by Gasteiger charge is 2.16. The molecule has 0 unspecified atom stereocenters. The average molecular weight is 427 g/mol. The predicted octanol–water partition coefficient (Wildman–Crippen LogP) is 5.10. The smallest absolute Gasteiger partial charge is 0.284 e. The molecule has 7 heteroatoms. The Morgan fingerprint density at radius 2 is 1.41 bits per heavy atom. The van der Waals surface area contributed by atoms with E-state index in [0.717, 1.165) is 5.56 Å². The maximum atomic E-state index is 12.8. The van der Waals surface area contributed by atoms with Crippen LogP contribution in [0.25, 0.3) is 0 Å². The van der Waals surface area contributed by atoms with Gasteiger partial charge in [-0.3, -0.25) is 4.79 Å². The van der Waals surface area contributed by atoms with Gasteiger partial charge in [0.2, 0.25) is 0 Å². The summed E-state index contributed by atoms with van der Waals surface area (Å²) >= 11 is 5.96. The molecule has 0 aromatic heterocycles. The summed E-state index contributed by atoms with van der Waals surface area (Å²) in [7, 11) is -3.94. The summed E-state index contributed by atoms with van der Waals surface area (Å²) in [6.45, 7) is 3.36. The number of nitrogens with one attached hydrogen (secondary N) is 1. The van der Waals surface area contributed by atoms with E-state index in [4.69, 9.17) is 11.6 Å². The minimum atomic E-state index is -3.94. The Labute approximate surface area is 175 Å². The maximum Gasteiger partial charge on any atom is 0.284 e. The van der Waals surface area contributed by atoms with Crippen molar-refractivity contribution < 1.29 is 13.2 Å². The van der Waals surface area contributed by atoms with Gasteiger partial charge in [-0.05, 0) is 74.5 Å². The van der Waals surface area contributed by atoms with E-state index in [-0.39, 0.29) is 16.5 Å². The molecule has 0 aliphatic rings. The van der Waals surface area contributed by atoms with Gasteiger partial charge < -0.3 is 5.32 Å². The summed E-state index contributed by atoms with van der Waals surface area (Å²) in [4.78, 5) is 11.6. The first kappa shape index (κ1) is 20.8. The predicted molar refractivity (Wildman–Crippen MR) is 116 cm³/mol. The highest BCUT2D eigenvalue weighted by molar-refractivity contribution is 7.90. The minimum absolute atomic E-state index is 0.0508. The molecule has 0 saturated heterocycles. The average Bonchev–Trinajstić information content (AvgIpc) is 2.68. The third kappa shape index (κ3) is 5.31.